The lowest BCUT2D eigenvalue weighted by atomic mass is 10.3. The van der Waals surface area contributed by atoms with Crippen molar-refractivity contribution in [3.63, 3.8) is 0 Å². The van der Waals surface area contributed by atoms with Crippen molar-refractivity contribution in [2.75, 3.05) is 18.1 Å². The van der Waals surface area contributed by atoms with Gasteiger partial charge in [0.1, 0.15) is 0 Å². The number of hydrogen-bond acceptors (Lipinski definition) is 3. The maximum absolute atomic E-state index is 11.3. The topological polar surface area (TPSA) is 61.4 Å². The van der Waals surface area contributed by atoms with Crippen LogP contribution in [0.2, 0.25) is 0 Å². The second-order valence-electron chi connectivity index (χ2n) is 3.59. The maximum atomic E-state index is 11.3. The molecule has 0 fully saturated rings. The quantitative estimate of drug-likeness (QED) is 0.580. The summed E-state index contributed by atoms with van der Waals surface area (Å²) in [5.74, 6) is 2.17. The molecular weight excluding hydrogens is 212 g/mol. The van der Waals surface area contributed by atoms with Gasteiger partial charge in [0.15, 0.2) is 0 Å². The predicted molar refractivity (Wildman–Crippen MR) is 65.3 cm³/mol. The Morgan fingerprint density at radius 2 is 1.93 bits per heavy atom. The highest BCUT2D eigenvalue weighted by Gasteiger charge is 2.08. The molecule has 0 aliphatic rings. The standard InChI is InChI=1S/C10H22N2O2S/c1-4-15-6-5-8(2)11-10(14)12-9(3)7-13/h8-9,13H,4-7H2,1-3H3,(H2,11,12,14). The number of aliphatic hydroxyl groups is 1. The van der Waals surface area contributed by atoms with Crippen molar-refractivity contribution in [1.82, 2.24) is 10.6 Å². The van der Waals surface area contributed by atoms with E-state index in [1.54, 1.807) is 6.92 Å². The molecule has 0 rings (SSSR count). The molecule has 2 unspecified atom stereocenters. The molecule has 0 aromatic heterocycles. The van der Waals surface area contributed by atoms with Crippen molar-refractivity contribution in [2.24, 2.45) is 0 Å². The molecule has 0 saturated carbocycles. The molecule has 0 aliphatic heterocycles. The number of amides is 2. The molecule has 0 spiro atoms. The average Bonchev–Trinajstić information content (AvgIpc) is 2.17. The lowest BCUT2D eigenvalue weighted by Gasteiger charge is -2.16. The SMILES string of the molecule is CCSCCC(C)NC(=O)NC(C)CO. The number of urea groups is 1. The summed E-state index contributed by atoms with van der Waals surface area (Å²) in [6.45, 7) is 5.84. The summed E-state index contributed by atoms with van der Waals surface area (Å²) in [6.07, 6.45) is 0.972. The maximum Gasteiger partial charge on any atom is 0.315 e. The van der Waals surface area contributed by atoms with E-state index in [0.717, 1.165) is 17.9 Å². The van der Waals surface area contributed by atoms with Gasteiger partial charge >= 0.3 is 6.03 Å². The number of hydrogen-bond donors (Lipinski definition) is 3. The van der Waals surface area contributed by atoms with Gasteiger partial charge in [-0.3, -0.25) is 0 Å². The van der Waals surface area contributed by atoms with E-state index in [4.69, 9.17) is 5.11 Å². The fourth-order valence-corrected chi connectivity index (χ4v) is 1.82. The van der Waals surface area contributed by atoms with E-state index >= 15 is 0 Å². The summed E-state index contributed by atoms with van der Waals surface area (Å²) in [5, 5.41) is 14.2. The van der Waals surface area contributed by atoms with E-state index in [1.165, 1.54) is 0 Å². The molecule has 0 aromatic rings. The zero-order valence-corrected chi connectivity index (χ0v) is 10.6. The van der Waals surface area contributed by atoms with Crippen molar-refractivity contribution in [1.29, 1.82) is 0 Å². The van der Waals surface area contributed by atoms with Crippen molar-refractivity contribution in [2.45, 2.75) is 39.3 Å². The fraction of sp³-hybridized carbons (Fsp3) is 0.900. The first-order chi connectivity index (χ1) is 7.10. The highest BCUT2D eigenvalue weighted by molar-refractivity contribution is 7.99. The molecule has 15 heavy (non-hydrogen) atoms. The minimum absolute atomic E-state index is 0.0342. The van der Waals surface area contributed by atoms with Gasteiger partial charge in [-0.15, -0.1) is 0 Å². The van der Waals surface area contributed by atoms with Gasteiger partial charge in [0.05, 0.1) is 12.6 Å². The van der Waals surface area contributed by atoms with Crippen LogP contribution in [0.4, 0.5) is 4.79 Å². The number of carbonyl (C=O) groups is 1. The molecule has 2 amide bonds. The van der Waals surface area contributed by atoms with Crippen LogP contribution in [0.15, 0.2) is 0 Å². The molecule has 0 bridgehead atoms. The summed E-state index contributed by atoms with van der Waals surface area (Å²) < 4.78 is 0. The first-order valence-electron chi connectivity index (χ1n) is 5.35. The smallest absolute Gasteiger partial charge is 0.315 e. The first-order valence-corrected chi connectivity index (χ1v) is 6.51. The molecule has 0 heterocycles. The normalized spacial score (nSPS) is 14.4. The van der Waals surface area contributed by atoms with E-state index in [0.29, 0.717) is 0 Å². The monoisotopic (exact) mass is 234 g/mol. The zero-order valence-electron chi connectivity index (χ0n) is 9.75. The van der Waals surface area contributed by atoms with Crippen molar-refractivity contribution in [3.05, 3.63) is 0 Å². The molecular formula is C10H22N2O2S. The summed E-state index contributed by atoms with van der Waals surface area (Å²) in [7, 11) is 0. The van der Waals surface area contributed by atoms with E-state index in [-0.39, 0.29) is 24.7 Å². The van der Waals surface area contributed by atoms with E-state index in [9.17, 15) is 4.79 Å². The molecule has 0 radical (unpaired) electrons. The first kappa shape index (κ1) is 14.6. The Bertz CT molecular complexity index is 179. The Balaban J connectivity index is 3.57. The lowest BCUT2D eigenvalue weighted by Crippen LogP contribution is -2.45. The largest absolute Gasteiger partial charge is 0.394 e. The van der Waals surface area contributed by atoms with Gasteiger partial charge in [-0.1, -0.05) is 6.92 Å². The van der Waals surface area contributed by atoms with Gasteiger partial charge in [-0.05, 0) is 31.8 Å². The number of aliphatic hydroxyl groups excluding tert-OH is 1. The molecule has 5 heteroatoms. The van der Waals surface area contributed by atoms with Crippen LogP contribution >= 0.6 is 11.8 Å². The number of rotatable bonds is 7. The zero-order chi connectivity index (χ0) is 11.7. The summed E-state index contributed by atoms with van der Waals surface area (Å²) in [6, 6.07) is -0.220. The minimum Gasteiger partial charge on any atom is -0.394 e. The lowest BCUT2D eigenvalue weighted by molar-refractivity contribution is 0.218. The van der Waals surface area contributed by atoms with Crippen LogP contribution in [0.25, 0.3) is 0 Å². The van der Waals surface area contributed by atoms with Crippen molar-refractivity contribution in [3.8, 4) is 0 Å². The van der Waals surface area contributed by atoms with Gasteiger partial charge in [-0.25, -0.2) is 4.79 Å². The number of thioether (sulfide) groups is 1. The number of carbonyl (C=O) groups excluding carboxylic acids is 1. The fourth-order valence-electron chi connectivity index (χ4n) is 1.01. The Morgan fingerprint density at radius 3 is 2.47 bits per heavy atom. The Hall–Kier alpha value is -0.420. The molecule has 3 N–H and O–H groups in total. The second kappa shape index (κ2) is 8.85. The van der Waals surface area contributed by atoms with Crippen LogP contribution in [0.5, 0.6) is 0 Å². The highest BCUT2D eigenvalue weighted by Crippen LogP contribution is 2.03. The molecule has 2 atom stereocenters. The third-order valence-electron chi connectivity index (χ3n) is 1.93. The second-order valence-corrected chi connectivity index (χ2v) is 4.98. The van der Waals surface area contributed by atoms with E-state index < -0.39 is 0 Å². The van der Waals surface area contributed by atoms with E-state index in [2.05, 4.69) is 17.6 Å². The van der Waals surface area contributed by atoms with Crippen LogP contribution in [0.1, 0.15) is 27.2 Å². The number of nitrogens with one attached hydrogen (secondary N) is 2. The average molecular weight is 234 g/mol. The third-order valence-corrected chi connectivity index (χ3v) is 2.86. The van der Waals surface area contributed by atoms with Gasteiger partial charge in [0, 0.05) is 6.04 Å². The summed E-state index contributed by atoms with van der Waals surface area (Å²) >= 11 is 1.87. The third kappa shape index (κ3) is 8.57. The molecule has 4 nitrogen and oxygen atoms in total. The van der Waals surface area contributed by atoms with Crippen LogP contribution in [0.3, 0.4) is 0 Å². The van der Waals surface area contributed by atoms with Crippen LogP contribution in [-0.4, -0.2) is 41.3 Å². The Morgan fingerprint density at radius 1 is 1.33 bits per heavy atom. The van der Waals surface area contributed by atoms with Gasteiger partial charge in [0.2, 0.25) is 0 Å². The van der Waals surface area contributed by atoms with Gasteiger partial charge in [0.25, 0.3) is 0 Å². The van der Waals surface area contributed by atoms with Crippen molar-refractivity contribution < 1.29 is 9.90 Å². The molecule has 0 aromatic carbocycles. The molecule has 0 aliphatic carbocycles. The van der Waals surface area contributed by atoms with Crippen LogP contribution in [-0.2, 0) is 0 Å². The van der Waals surface area contributed by atoms with Gasteiger partial charge < -0.3 is 15.7 Å². The summed E-state index contributed by atoms with van der Waals surface area (Å²) in [4.78, 5) is 11.3. The van der Waals surface area contributed by atoms with Crippen LogP contribution < -0.4 is 10.6 Å². The molecule has 90 valence electrons. The van der Waals surface area contributed by atoms with Crippen molar-refractivity contribution >= 4 is 17.8 Å². The summed E-state index contributed by atoms with van der Waals surface area (Å²) in [5.41, 5.74) is 0. The Labute approximate surface area is 96.2 Å². The van der Waals surface area contributed by atoms with Gasteiger partial charge in [-0.2, -0.15) is 11.8 Å². The molecule has 0 saturated heterocycles. The minimum atomic E-state index is -0.203. The van der Waals surface area contributed by atoms with E-state index in [1.807, 2.05) is 18.7 Å². The predicted octanol–water partition coefficient (Wildman–Crippen LogP) is 1.20. The highest BCUT2D eigenvalue weighted by atomic mass is 32.2. The van der Waals surface area contributed by atoms with Crippen LogP contribution in [0, 0.1) is 0 Å². The Kier molecular flexibility index (Phi) is 8.61.